The number of nitriles is 1. The number of hydrogen-bond donors (Lipinski definition) is 2. The highest BCUT2D eigenvalue weighted by atomic mass is 35.5. The van der Waals surface area contributed by atoms with Crippen LogP contribution in [0.5, 0.6) is 0 Å². The van der Waals surface area contributed by atoms with E-state index in [0.29, 0.717) is 26.3 Å². The maximum atomic E-state index is 12.2. The van der Waals surface area contributed by atoms with Crippen LogP contribution in [0.4, 0.5) is 5.69 Å². The second-order valence-corrected chi connectivity index (χ2v) is 8.51. The third-order valence-electron chi connectivity index (χ3n) is 3.74. The number of amides is 2. The van der Waals surface area contributed by atoms with Gasteiger partial charge in [0.05, 0.1) is 22.4 Å². The molecule has 5 nitrogen and oxygen atoms in total. The summed E-state index contributed by atoms with van der Waals surface area (Å²) >= 11 is 14.5. The average molecular weight is 438 g/mol. The summed E-state index contributed by atoms with van der Waals surface area (Å²) in [6.07, 6.45) is 0.223. The minimum absolute atomic E-state index is 0.0298. The first-order valence-electron chi connectivity index (χ1n) is 7.82. The molecular weight excluding hydrogens is 425 g/mol. The molecule has 0 radical (unpaired) electrons. The summed E-state index contributed by atoms with van der Waals surface area (Å²) in [5.41, 5.74) is 0.956. The molecule has 0 spiro atoms. The zero-order valence-electron chi connectivity index (χ0n) is 13.8. The largest absolute Gasteiger partial charge is 0.325 e. The number of allylic oxidation sites excluding steroid dienone is 1. The van der Waals surface area contributed by atoms with Crippen molar-refractivity contribution < 1.29 is 9.59 Å². The lowest BCUT2D eigenvalue weighted by atomic mass is 9.93. The van der Waals surface area contributed by atoms with E-state index in [2.05, 4.69) is 16.7 Å². The Morgan fingerprint density at radius 1 is 1.37 bits per heavy atom. The molecule has 0 bridgehead atoms. The summed E-state index contributed by atoms with van der Waals surface area (Å²) in [4.78, 5) is 25.2. The summed E-state index contributed by atoms with van der Waals surface area (Å²) in [5.74, 6) is -0.712. The van der Waals surface area contributed by atoms with Gasteiger partial charge in [0.25, 0.3) is 0 Å². The fraction of sp³-hybridized carbons (Fsp3) is 0.167. The summed E-state index contributed by atoms with van der Waals surface area (Å²) < 4.78 is 0. The highest BCUT2D eigenvalue weighted by Gasteiger charge is 2.30. The van der Waals surface area contributed by atoms with Crippen molar-refractivity contribution in [2.45, 2.75) is 12.3 Å². The lowest BCUT2D eigenvalue weighted by molar-refractivity contribution is -0.121. The number of benzene rings is 1. The lowest BCUT2D eigenvalue weighted by Gasteiger charge is -2.23. The van der Waals surface area contributed by atoms with E-state index in [1.807, 2.05) is 17.5 Å². The number of carbonyl (C=O) groups is 2. The van der Waals surface area contributed by atoms with Crippen molar-refractivity contribution >= 4 is 63.8 Å². The SMILES string of the molecule is N#CC1=C(SCC(=O)Nc2cc(Cl)cc(Cl)c2)NC(=O)C[C@@H]1c1cccs1. The second kappa shape index (κ2) is 8.81. The Bertz CT molecular complexity index is 932. The van der Waals surface area contributed by atoms with Crippen LogP contribution < -0.4 is 10.6 Å². The Labute approximate surface area is 174 Å². The van der Waals surface area contributed by atoms with Crippen LogP contribution in [0.1, 0.15) is 17.2 Å². The van der Waals surface area contributed by atoms with Crippen molar-refractivity contribution in [2.24, 2.45) is 0 Å². The van der Waals surface area contributed by atoms with Crippen LogP contribution in [0.25, 0.3) is 0 Å². The van der Waals surface area contributed by atoms with Gasteiger partial charge in [-0.25, -0.2) is 0 Å². The van der Waals surface area contributed by atoms with Crippen molar-refractivity contribution in [3.63, 3.8) is 0 Å². The number of rotatable bonds is 5. The van der Waals surface area contributed by atoms with Gasteiger partial charge in [-0.2, -0.15) is 5.26 Å². The zero-order chi connectivity index (χ0) is 19.4. The monoisotopic (exact) mass is 437 g/mol. The predicted octanol–water partition coefficient (Wildman–Crippen LogP) is 4.77. The number of hydrogen-bond acceptors (Lipinski definition) is 5. The first-order valence-corrected chi connectivity index (χ1v) is 10.4. The topological polar surface area (TPSA) is 82.0 Å². The third kappa shape index (κ3) is 5.05. The number of nitrogens with one attached hydrogen (secondary N) is 2. The van der Waals surface area contributed by atoms with Crippen LogP contribution in [0.3, 0.4) is 0 Å². The number of thioether (sulfide) groups is 1. The normalized spacial score (nSPS) is 16.6. The van der Waals surface area contributed by atoms with E-state index in [1.165, 1.54) is 11.3 Å². The summed E-state index contributed by atoms with van der Waals surface area (Å²) in [6.45, 7) is 0. The van der Waals surface area contributed by atoms with Gasteiger partial charge in [-0.1, -0.05) is 41.0 Å². The Hall–Kier alpha value is -1.98. The zero-order valence-corrected chi connectivity index (χ0v) is 16.9. The highest BCUT2D eigenvalue weighted by molar-refractivity contribution is 8.03. The fourth-order valence-corrected chi connectivity index (χ4v) is 4.87. The molecule has 2 N–H and O–H groups in total. The number of thiophene rings is 1. The van der Waals surface area contributed by atoms with E-state index >= 15 is 0 Å². The van der Waals surface area contributed by atoms with E-state index in [-0.39, 0.29) is 29.9 Å². The minimum Gasteiger partial charge on any atom is -0.325 e. The number of carbonyl (C=O) groups excluding carboxylic acids is 2. The molecule has 2 aromatic rings. The Kier molecular flexibility index (Phi) is 6.45. The summed E-state index contributed by atoms with van der Waals surface area (Å²) in [5, 5.41) is 18.2. The van der Waals surface area contributed by atoms with Gasteiger partial charge in [-0.15, -0.1) is 11.3 Å². The molecule has 0 unspecified atom stereocenters. The van der Waals surface area contributed by atoms with Gasteiger partial charge in [-0.05, 0) is 29.6 Å². The van der Waals surface area contributed by atoms with Gasteiger partial charge in [-0.3, -0.25) is 9.59 Å². The number of nitrogens with zero attached hydrogens (tertiary/aromatic N) is 1. The summed E-state index contributed by atoms with van der Waals surface area (Å²) in [6, 6.07) is 10.7. The maximum Gasteiger partial charge on any atom is 0.234 e. The van der Waals surface area contributed by atoms with Gasteiger partial charge in [0.15, 0.2) is 0 Å². The fourth-order valence-electron chi connectivity index (χ4n) is 2.63. The second-order valence-electron chi connectivity index (χ2n) is 5.67. The molecule has 9 heteroatoms. The molecule has 1 atom stereocenters. The molecule has 1 aromatic carbocycles. The van der Waals surface area contributed by atoms with Crippen molar-refractivity contribution in [3.8, 4) is 6.07 Å². The summed E-state index contributed by atoms with van der Waals surface area (Å²) in [7, 11) is 0. The van der Waals surface area contributed by atoms with Gasteiger partial charge >= 0.3 is 0 Å². The lowest BCUT2D eigenvalue weighted by Crippen LogP contribution is -2.31. The van der Waals surface area contributed by atoms with Crippen LogP contribution in [-0.2, 0) is 9.59 Å². The number of halogens is 2. The molecule has 0 fully saturated rings. The quantitative estimate of drug-likeness (QED) is 0.705. The molecule has 27 heavy (non-hydrogen) atoms. The van der Waals surface area contributed by atoms with E-state index in [9.17, 15) is 14.9 Å². The van der Waals surface area contributed by atoms with E-state index in [4.69, 9.17) is 23.2 Å². The van der Waals surface area contributed by atoms with E-state index in [0.717, 1.165) is 16.6 Å². The molecule has 1 aliphatic rings. The van der Waals surface area contributed by atoms with Gasteiger partial charge in [0.2, 0.25) is 11.8 Å². The first-order chi connectivity index (χ1) is 13.0. The molecule has 138 valence electrons. The molecule has 2 amide bonds. The minimum atomic E-state index is -0.296. The van der Waals surface area contributed by atoms with E-state index < -0.39 is 0 Å². The molecule has 0 saturated carbocycles. The van der Waals surface area contributed by atoms with Crippen molar-refractivity contribution in [3.05, 3.63) is 61.2 Å². The Balaban J connectivity index is 1.72. The van der Waals surface area contributed by atoms with Crippen LogP contribution >= 0.6 is 46.3 Å². The van der Waals surface area contributed by atoms with Crippen molar-refractivity contribution in [1.29, 1.82) is 5.26 Å². The standard InChI is InChI=1S/C18H13Cl2N3O2S2/c19-10-4-11(20)6-12(5-10)22-17(25)9-27-18-14(8-21)13(7-16(24)23-18)15-2-1-3-26-15/h1-6,13H,7,9H2,(H,22,25)(H,23,24)/t13-/m0/s1. The highest BCUT2D eigenvalue weighted by Crippen LogP contribution is 2.37. The van der Waals surface area contributed by atoms with Crippen LogP contribution in [0.2, 0.25) is 10.0 Å². The molecule has 0 saturated heterocycles. The van der Waals surface area contributed by atoms with Crippen LogP contribution in [0.15, 0.2) is 46.3 Å². The van der Waals surface area contributed by atoms with Crippen LogP contribution in [-0.4, -0.2) is 17.6 Å². The first kappa shape index (κ1) is 19.8. The van der Waals surface area contributed by atoms with E-state index in [1.54, 1.807) is 18.2 Å². The Morgan fingerprint density at radius 3 is 2.74 bits per heavy atom. The number of anilines is 1. The molecule has 1 aromatic heterocycles. The van der Waals surface area contributed by atoms with Gasteiger partial charge < -0.3 is 10.6 Å². The molecular formula is C18H13Cl2N3O2S2. The third-order valence-corrected chi connectivity index (χ3v) is 6.18. The van der Waals surface area contributed by atoms with Gasteiger partial charge in [0.1, 0.15) is 0 Å². The smallest absolute Gasteiger partial charge is 0.234 e. The average Bonchev–Trinajstić information content (AvgIpc) is 3.13. The van der Waals surface area contributed by atoms with Crippen molar-refractivity contribution in [2.75, 3.05) is 11.1 Å². The molecule has 2 heterocycles. The molecule has 3 rings (SSSR count). The van der Waals surface area contributed by atoms with Crippen LogP contribution in [0, 0.1) is 11.3 Å². The molecule has 0 aliphatic carbocycles. The Morgan fingerprint density at radius 2 is 2.11 bits per heavy atom. The molecule has 1 aliphatic heterocycles. The maximum absolute atomic E-state index is 12.2. The van der Waals surface area contributed by atoms with Crippen molar-refractivity contribution in [1.82, 2.24) is 5.32 Å². The predicted molar refractivity (Wildman–Crippen MR) is 110 cm³/mol. The van der Waals surface area contributed by atoms with Gasteiger partial charge in [0, 0.05) is 32.9 Å².